The predicted octanol–water partition coefficient (Wildman–Crippen LogP) is 1.86. The Morgan fingerprint density at radius 2 is 1.83 bits per heavy atom. The van der Waals surface area contributed by atoms with Gasteiger partial charge in [-0.05, 0) is 47.7 Å². The molecule has 2 aromatic rings. The molecule has 0 radical (unpaired) electrons. The van der Waals surface area contributed by atoms with E-state index in [-0.39, 0.29) is 18.8 Å². The van der Waals surface area contributed by atoms with Crippen LogP contribution in [0.3, 0.4) is 0 Å². The lowest BCUT2D eigenvalue weighted by Crippen LogP contribution is -2.42. The van der Waals surface area contributed by atoms with Crippen LogP contribution in [-0.2, 0) is 26.0 Å². The summed E-state index contributed by atoms with van der Waals surface area (Å²) in [5.74, 6) is -1.51. The van der Waals surface area contributed by atoms with Crippen molar-refractivity contribution in [3.05, 3.63) is 59.2 Å². The average Bonchev–Trinajstić information content (AvgIpc) is 2.69. The van der Waals surface area contributed by atoms with E-state index in [9.17, 15) is 23.1 Å². The summed E-state index contributed by atoms with van der Waals surface area (Å²) in [7, 11) is -2.14. The molecule has 1 atom stereocenters. The Hall–Kier alpha value is -2.71. The Kier molecular flexibility index (Phi) is 7.53. The third kappa shape index (κ3) is 6.13. The van der Waals surface area contributed by atoms with E-state index >= 15 is 0 Å². The number of hydrogen-bond acceptors (Lipinski definition) is 6. The Morgan fingerprint density at radius 1 is 1.14 bits per heavy atom. The first kappa shape index (κ1) is 22.6. The van der Waals surface area contributed by atoms with Gasteiger partial charge in [-0.1, -0.05) is 30.3 Å². The minimum atomic E-state index is -3.31. The molecule has 0 heterocycles. The van der Waals surface area contributed by atoms with E-state index in [1.54, 1.807) is 18.2 Å². The van der Waals surface area contributed by atoms with Crippen molar-refractivity contribution in [2.75, 3.05) is 19.1 Å². The predicted molar refractivity (Wildman–Crippen MR) is 110 cm³/mol. The minimum absolute atomic E-state index is 0.0916. The van der Waals surface area contributed by atoms with Gasteiger partial charge in [0.1, 0.15) is 15.9 Å². The van der Waals surface area contributed by atoms with Crippen LogP contribution in [0.1, 0.15) is 27.9 Å². The molecule has 0 spiro atoms. The number of rotatable bonds is 8. The number of amides is 1. The van der Waals surface area contributed by atoms with Crippen LogP contribution in [0, 0.1) is 6.92 Å². The number of sulfone groups is 1. The molecule has 1 amide bonds. The number of aryl methyl sites for hydroxylation is 1. The number of methoxy groups -OCH3 is 1. The van der Waals surface area contributed by atoms with Crippen LogP contribution >= 0.6 is 0 Å². The first-order chi connectivity index (χ1) is 13.7. The van der Waals surface area contributed by atoms with Crippen molar-refractivity contribution in [3.8, 4) is 11.1 Å². The number of carbonyl (C=O) groups is 2. The van der Waals surface area contributed by atoms with Crippen molar-refractivity contribution in [3.63, 3.8) is 0 Å². The van der Waals surface area contributed by atoms with E-state index in [1.165, 1.54) is 7.11 Å². The molecule has 0 saturated heterocycles. The molecule has 29 heavy (non-hydrogen) atoms. The summed E-state index contributed by atoms with van der Waals surface area (Å²) in [5, 5.41) is 12.1. The number of hydrogen-bond donors (Lipinski definition) is 2. The zero-order chi connectivity index (χ0) is 21.6. The standard InChI is InChI=1S/C21H25NO6S/c1-14-6-4-5-7-16(14)18-12-15(13-23)8-9-17(18)20(24)22-19(21(25)28-2)10-11-29(3,26)27/h4-9,12,19,23H,10-11,13H2,1-3H3,(H,22,24)/t19-/m0/s1. The smallest absolute Gasteiger partial charge is 0.328 e. The molecule has 7 nitrogen and oxygen atoms in total. The van der Waals surface area contributed by atoms with Gasteiger partial charge in [0.15, 0.2) is 0 Å². The molecular formula is C21H25NO6S. The molecule has 0 unspecified atom stereocenters. The molecule has 2 aromatic carbocycles. The van der Waals surface area contributed by atoms with Crippen molar-refractivity contribution in [2.24, 2.45) is 0 Å². The van der Waals surface area contributed by atoms with Gasteiger partial charge in [0.05, 0.1) is 19.5 Å². The maximum atomic E-state index is 13.0. The highest BCUT2D eigenvalue weighted by Gasteiger charge is 2.25. The molecule has 0 aromatic heterocycles. The zero-order valence-electron chi connectivity index (χ0n) is 16.6. The monoisotopic (exact) mass is 419 g/mol. The van der Waals surface area contributed by atoms with E-state index in [0.717, 1.165) is 17.4 Å². The largest absolute Gasteiger partial charge is 0.467 e. The summed E-state index contributed by atoms with van der Waals surface area (Å²) in [6, 6.07) is 11.3. The molecule has 0 fully saturated rings. The van der Waals surface area contributed by atoms with Gasteiger partial charge in [-0.2, -0.15) is 0 Å². The van der Waals surface area contributed by atoms with E-state index < -0.39 is 27.8 Å². The first-order valence-corrected chi connectivity index (χ1v) is 11.1. The van der Waals surface area contributed by atoms with E-state index in [4.69, 9.17) is 4.74 Å². The van der Waals surface area contributed by atoms with E-state index in [1.807, 2.05) is 31.2 Å². The number of aliphatic hydroxyl groups excluding tert-OH is 1. The lowest BCUT2D eigenvalue weighted by molar-refractivity contribution is -0.142. The van der Waals surface area contributed by atoms with Gasteiger partial charge in [-0.3, -0.25) is 4.79 Å². The maximum absolute atomic E-state index is 13.0. The van der Waals surface area contributed by atoms with Gasteiger partial charge in [0.25, 0.3) is 5.91 Å². The molecule has 0 aliphatic rings. The van der Waals surface area contributed by atoms with Gasteiger partial charge in [-0.25, -0.2) is 13.2 Å². The Bertz CT molecular complexity index is 1000. The van der Waals surface area contributed by atoms with Crippen LogP contribution in [0.4, 0.5) is 0 Å². The molecule has 2 N–H and O–H groups in total. The summed E-state index contributed by atoms with van der Waals surface area (Å²) in [6.45, 7) is 1.73. The number of benzene rings is 2. The molecule has 0 aliphatic carbocycles. The fraction of sp³-hybridized carbons (Fsp3) is 0.333. The third-order valence-electron chi connectivity index (χ3n) is 4.51. The highest BCUT2D eigenvalue weighted by molar-refractivity contribution is 7.90. The van der Waals surface area contributed by atoms with Crippen molar-refractivity contribution in [1.82, 2.24) is 5.32 Å². The minimum Gasteiger partial charge on any atom is -0.467 e. The second-order valence-electron chi connectivity index (χ2n) is 6.82. The number of carbonyl (C=O) groups excluding carboxylic acids is 2. The maximum Gasteiger partial charge on any atom is 0.328 e. The van der Waals surface area contributed by atoms with Crippen LogP contribution in [-0.4, -0.2) is 50.6 Å². The van der Waals surface area contributed by atoms with Crippen LogP contribution in [0.2, 0.25) is 0 Å². The van der Waals surface area contributed by atoms with Gasteiger partial charge >= 0.3 is 5.97 Å². The van der Waals surface area contributed by atoms with E-state index in [2.05, 4.69) is 5.32 Å². The fourth-order valence-corrected chi connectivity index (χ4v) is 3.61. The van der Waals surface area contributed by atoms with Crippen LogP contribution in [0.15, 0.2) is 42.5 Å². The van der Waals surface area contributed by atoms with Gasteiger partial charge < -0.3 is 15.2 Å². The molecule has 8 heteroatoms. The third-order valence-corrected chi connectivity index (χ3v) is 5.49. The molecular weight excluding hydrogens is 394 g/mol. The van der Waals surface area contributed by atoms with E-state index in [0.29, 0.717) is 16.7 Å². The van der Waals surface area contributed by atoms with Gasteiger partial charge in [0.2, 0.25) is 0 Å². The number of nitrogens with one attached hydrogen (secondary N) is 1. The Balaban J connectivity index is 2.40. The molecule has 2 rings (SSSR count). The molecule has 0 aliphatic heterocycles. The number of aliphatic hydroxyl groups is 1. The lowest BCUT2D eigenvalue weighted by Gasteiger charge is -2.18. The summed E-state index contributed by atoms with van der Waals surface area (Å²) >= 11 is 0. The second-order valence-corrected chi connectivity index (χ2v) is 9.08. The Labute approximate surface area is 170 Å². The van der Waals surface area contributed by atoms with Crippen LogP contribution in [0.5, 0.6) is 0 Å². The number of esters is 1. The summed E-state index contributed by atoms with van der Waals surface area (Å²) in [5.41, 5.74) is 3.32. The van der Waals surface area contributed by atoms with Crippen molar-refractivity contribution in [2.45, 2.75) is 26.0 Å². The van der Waals surface area contributed by atoms with Crippen LogP contribution in [0.25, 0.3) is 11.1 Å². The van der Waals surface area contributed by atoms with Gasteiger partial charge in [0, 0.05) is 11.8 Å². The van der Waals surface area contributed by atoms with Crippen molar-refractivity contribution in [1.29, 1.82) is 0 Å². The van der Waals surface area contributed by atoms with Crippen molar-refractivity contribution < 1.29 is 27.9 Å². The van der Waals surface area contributed by atoms with Gasteiger partial charge in [-0.15, -0.1) is 0 Å². The Morgan fingerprint density at radius 3 is 2.41 bits per heavy atom. The quantitative estimate of drug-likeness (QED) is 0.632. The molecule has 0 bridgehead atoms. The lowest BCUT2D eigenvalue weighted by atomic mass is 9.93. The van der Waals surface area contributed by atoms with Crippen LogP contribution < -0.4 is 5.32 Å². The number of ether oxygens (including phenoxy) is 1. The highest BCUT2D eigenvalue weighted by atomic mass is 32.2. The molecule has 156 valence electrons. The molecule has 0 saturated carbocycles. The normalized spacial score (nSPS) is 12.3. The van der Waals surface area contributed by atoms with Crippen molar-refractivity contribution >= 4 is 21.7 Å². The summed E-state index contributed by atoms with van der Waals surface area (Å²) in [6.07, 6.45) is 0.971. The summed E-state index contributed by atoms with van der Waals surface area (Å²) < 4.78 is 27.6. The summed E-state index contributed by atoms with van der Waals surface area (Å²) in [4.78, 5) is 25.0. The SMILES string of the molecule is COC(=O)[C@H](CCS(C)(=O)=O)NC(=O)c1ccc(CO)cc1-c1ccccc1C. The fourth-order valence-electron chi connectivity index (χ4n) is 2.94. The topological polar surface area (TPSA) is 110 Å². The first-order valence-electron chi connectivity index (χ1n) is 9.02. The highest BCUT2D eigenvalue weighted by Crippen LogP contribution is 2.28. The average molecular weight is 419 g/mol. The second kappa shape index (κ2) is 9.67. The zero-order valence-corrected chi connectivity index (χ0v) is 17.5.